The first-order valence-corrected chi connectivity index (χ1v) is 5.01. The van der Waals surface area contributed by atoms with Gasteiger partial charge < -0.3 is 9.30 Å². The number of ether oxygens (including phenoxy) is 1. The van der Waals surface area contributed by atoms with E-state index in [2.05, 4.69) is 4.98 Å². The molecule has 0 aliphatic heterocycles. The van der Waals surface area contributed by atoms with Gasteiger partial charge in [0.05, 0.1) is 13.7 Å². The molecule has 2 rings (SSSR count). The van der Waals surface area contributed by atoms with Crippen molar-refractivity contribution in [1.29, 1.82) is 0 Å². The van der Waals surface area contributed by atoms with Crippen LogP contribution in [0.15, 0.2) is 30.6 Å². The molecule has 0 spiro atoms. The van der Waals surface area contributed by atoms with Gasteiger partial charge in [0.1, 0.15) is 17.4 Å². The Bertz CT molecular complexity index is 494. The van der Waals surface area contributed by atoms with Gasteiger partial charge in [-0.3, -0.25) is 0 Å². The highest BCUT2D eigenvalue weighted by atomic mass is 19.1. The molecule has 0 aliphatic carbocycles. The highest BCUT2D eigenvalue weighted by Crippen LogP contribution is 2.20. The third-order valence-corrected chi connectivity index (χ3v) is 2.51. The van der Waals surface area contributed by atoms with Crippen molar-refractivity contribution in [3.05, 3.63) is 47.8 Å². The average molecular weight is 220 g/mol. The van der Waals surface area contributed by atoms with Crippen LogP contribution in [0.25, 0.3) is 0 Å². The van der Waals surface area contributed by atoms with Crippen molar-refractivity contribution in [2.24, 2.45) is 0 Å². The van der Waals surface area contributed by atoms with Crippen LogP contribution < -0.4 is 4.74 Å². The van der Waals surface area contributed by atoms with E-state index in [9.17, 15) is 4.39 Å². The zero-order valence-electron chi connectivity index (χ0n) is 9.27. The summed E-state index contributed by atoms with van der Waals surface area (Å²) in [6.45, 7) is 2.47. The Morgan fingerprint density at radius 1 is 1.44 bits per heavy atom. The summed E-state index contributed by atoms with van der Waals surface area (Å²) in [6.07, 6.45) is 3.58. The first-order chi connectivity index (χ1) is 7.70. The molecule has 16 heavy (non-hydrogen) atoms. The van der Waals surface area contributed by atoms with E-state index >= 15 is 0 Å². The summed E-state index contributed by atoms with van der Waals surface area (Å²) in [5, 5.41) is 0. The van der Waals surface area contributed by atoms with Gasteiger partial charge in [0.2, 0.25) is 0 Å². The van der Waals surface area contributed by atoms with Crippen molar-refractivity contribution in [2.45, 2.75) is 13.5 Å². The molecular formula is C12H13FN2O. The van der Waals surface area contributed by atoms with Crippen LogP contribution in [0.4, 0.5) is 4.39 Å². The zero-order chi connectivity index (χ0) is 11.5. The third kappa shape index (κ3) is 2.05. The molecule has 1 aromatic heterocycles. The number of imidazole rings is 1. The van der Waals surface area contributed by atoms with Crippen LogP contribution in [-0.2, 0) is 6.54 Å². The molecular weight excluding hydrogens is 207 g/mol. The van der Waals surface area contributed by atoms with Crippen molar-refractivity contribution < 1.29 is 9.13 Å². The molecule has 0 radical (unpaired) electrons. The summed E-state index contributed by atoms with van der Waals surface area (Å²) in [5.41, 5.74) is 0.809. The number of aryl methyl sites for hydroxylation is 1. The maximum absolute atomic E-state index is 13.1. The smallest absolute Gasteiger partial charge is 0.124 e. The summed E-state index contributed by atoms with van der Waals surface area (Å²) in [6, 6.07) is 4.51. The summed E-state index contributed by atoms with van der Waals surface area (Å²) < 4.78 is 20.3. The minimum absolute atomic E-state index is 0.256. The molecule has 3 nitrogen and oxygen atoms in total. The number of rotatable bonds is 3. The van der Waals surface area contributed by atoms with Crippen LogP contribution in [0.2, 0.25) is 0 Å². The van der Waals surface area contributed by atoms with Gasteiger partial charge in [0, 0.05) is 18.0 Å². The maximum atomic E-state index is 13.1. The fourth-order valence-electron chi connectivity index (χ4n) is 1.63. The molecule has 4 heteroatoms. The zero-order valence-corrected chi connectivity index (χ0v) is 9.27. The summed E-state index contributed by atoms with van der Waals surface area (Å²) in [7, 11) is 1.58. The molecule has 0 saturated heterocycles. The number of halogens is 1. The van der Waals surface area contributed by atoms with E-state index in [4.69, 9.17) is 4.74 Å². The Kier molecular flexibility index (Phi) is 2.90. The summed E-state index contributed by atoms with van der Waals surface area (Å²) >= 11 is 0. The highest BCUT2D eigenvalue weighted by molar-refractivity contribution is 5.34. The molecule has 0 amide bonds. The first kappa shape index (κ1) is 10.7. The molecule has 0 bridgehead atoms. The molecule has 1 aromatic carbocycles. The standard InChI is InChI=1S/C12H13FN2O/c1-9-14-5-6-15(9)8-10-7-11(13)3-4-12(10)16-2/h3-7H,8H2,1-2H3. The van der Waals surface area contributed by atoms with Gasteiger partial charge in [0.25, 0.3) is 0 Å². The molecule has 0 aliphatic rings. The second-order valence-corrected chi connectivity index (χ2v) is 3.56. The van der Waals surface area contributed by atoms with E-state index in [-0.39, 0.29) is 5.82 Å². The molecule has 0 atom stereocenters. The van der Waals surface area contributed by atoms with Gasteiger partial charge in [-0.05, 0) is 25.1 Å². The lowest BCUT2D eigenvalue weighted by atomic mass is 10.2. The van der Waals surface area contributed by atoms with Gasteiger partial charge >= 0.3 is 0 Å². The largest absolute Gasteiger partial charge is 0.496 e. The number of methoxy groups -OCH3 is 1. The predicted octanol–water partition coefficient (Wildman–Crippen LogP) is 2.39. The van der Waals surface area contributed by atoms with Crippen LogP contribution in [0, 0.1) is 12.7 Å². The maximum Gasteiger partial charge on any atom is 0.124 e. The lowest BCUT2D eigenvalue weighted by Gasteiger charge is -2.10. The molecule has 0 N–H and O–H groups in total. The van der Waals surface area contributed by atoms with Crippen molar-refractivity contribution in [3.63, 3.8) is 0 Å². The highest BCUT2D eigenvalue weighted by Gasteiger charge is 2.06. The number of benzene rings is 1. The van der Waals surface area contributed by atoms with Crippen LogP contribution in [-0.4, -0.2) is 16.7 Å². The van der Waals surface area contributed by atoms with Gasteiger partial charge in [-0.2, -0.15) is 0 Å². The SMILES string of the molecule is COc1ccc(F)cc1Cn1ccnc1C. The molecule has 2 aromatic rings. The number of aromatic nitrogens is 2. The van der Waals surface area contributed by atoms with Crippen molar-refractivity contribution in [3.8, 4) is 5.75 Å². The van der Waals surface area contributed by atoms with Crippen LogP contribution in [0.5, 0.6) is 5.75 Å². The van der Waals surface area contributed by atoms with Crippen LogP contribution >= 0.6 is 0 Å². The van der Waals surface area contributed by atoms with E-state index in [1.807, 2.05) is 17.7 Å². The van der Waals surface area contributed by atoms with Gasteiger partial charge in [-0.15, -0.1) is 0 Å². The van der Waals surface area contributed by atoms with E-state index in [0.29, 0.717) is 12.3 Å². The van der Waals surface area contributed by atoms with Gasteiger partial charge in [0.15, 0.2) is 0 Å². The third-order valence-electron chi connectivity index (χ3n) is 2.51. The fourth-order valence-corrected chi connectivity index (χ4v) is 1.63. The monoisotopic (exact) mass is 220 g/mol. The number of hydrogen-bond donors (Lipinski definition) is 0. The topological polar surface area (TPSA) is 27.1 Å². The van der Waals surface area contributed by atoms with Crippen molar-refractivity contribution in [1.82, 2.24) is 9.55 Å². The van der Waals surface area contributed by atoms with E-state index in [0.717, 1.165) is 11.4 Å². The molecule has 1 heterocycles. The second kappa shape index (κ2) is 4.35. The van der Waals surface area contributed by atoms with Crippen LogP contribution in [0.1, 0.15) is 11.4 Å². The van der Waals surface area contributed by atoms with Crippen molar-refractivity contribution in [2.75, 3.05) is 7.11 Å². The molecule has 0 fully saturated rings. The Hall–Kier alpha value is -1.84. The molecule has 84 valence electrons. The quantitative estimate of drug-likeness (QED) is 0.794. The lowest BCUT2D eigenvalue weighted by Crippen LogP contribution is -2.03. The van der Waals surface area contributed by atoms with E-state index in [1.165, 1.54) is 12.1 Å². The Morgan fingerprint density at radius 2 is 2.25 bits per heavy atom. The normalized spacial score (nSPS) is 10.4. The second-order valence-electron chi connectivity index (χ2n) is 3.56. The first-order valence-electron chi connectivity index (χ1n) is 5.01. The fraction of sp³-hybridized carbons (Fsp3) is 0.250. The summed E-state index contributed by atoms with van der Waals surface area (Å²) in [4.78, 5) is 4.12. The predicted molar refractivity (Wildman–Crippen MR) is 59.0 cm³/mol. The van der Waals surface area contributed by atoms with E-state index in [1.54, 1.807) is 19.4 Å². The Balaban J connectivity index is 2.33. The average Bonchev–Trinajstić information content (AvgIpc) is 2.65. The van der Waals surface area contributed by atoms with Crippen LogP contribution in [0.3, 0.4) is 0 Å². The minimum atomic E-state index is -0.256. The van der Waals surface area contributed by atoms with E-state index < -0.39 is 0 Å². The molecule has 0 unspecified atom stereocenters. The minimum Gasteiger partial charge on any atom is -0.496 e. The van der Waals surface area contributed by atoms with Crippen molar-refractivity contribution >= 4 is 0 Å². The van der Waals surface area contributed by atoms with Gasteiger partial charge in [-0.1, -0.05) is 0 Å². The van der Waals surface area contributed by atoms with Gasteiger partial charge in [-0.25, -0.2) is 9.37 Å². The number of hydrogen-bond acceptors (Lipinski definition) is 2. The summed E-state index contributed by atoms with van der Waals surface area (Å²) in [5.74, 6) is 1.33. The lowest BCUT2D eigenvalue weighted by molar-refractivity contribution is 0.406. The Morgan fingerprint density at radius 3 is 2.88 bits per heavy atom. The Labute approximate surface area is 93.5 Å². The molecule has 0 saturated carbocycles. The number of nitrogens with zero attached hydrogens (tertiary/aromatic N) is 2.